The summed E-state index contributed by atoms with van der Waals surface area (Å²) in [6.07, 6.45) is 0. The number of benzene rings is 1. The fourth-order valence-corrected chi connectivity index (χ4v) is 2.16. The monoisotopic (exact) mass is 397 g/mol. The maximum absolute atomic E-state index is 12.3. The minimum Gasteiger partial charge on any atom is -0.753 e. The number of para-hydroxylation sites is 2. The Hall–Kier alpha value is -3.12. The Kier molecular flexibility index (Phi) is 7.14. The Morgan fingerprint density at radius 1 is 1.19 bits per heavy atom. The number of amides is 2. The number of rotatable bonds is 8. The molecule has 0 radical (unpaired) electrons. The first kappa shape index (κ1) is 20.2. The molecule has 1 N–H and O–H groups in total. The van der Waals surface area contributed by atoms with Gasteiger partial charge in [0.25, 0.3) is 0 Å². The van der Waals surface area contributed by atoms with E-state index in [0.717, 1.165) is 0 Å². The number of anilines is 1. The maximum atomic E-state index is 12.3. The Balaban J connectivity index is 2.22. The van der Waals surface area contributed by atoms with E-state index < -0.39 is 17.3 Å². The summed E-state index contributed by atoms with van der Waals surface area (Å²) in [4.78, 5) is 25.3. The number of carbonyl (C=O) groups is 1. The molecule has 0 saturated heterocycles. The summed E-state index contributed by atoms with van der Waals surface area (Å²) in [6, 6.07) is 6.50. The third kappa shape index (κ3) is 5.43. The molecule has 12 heteroatoms. The largest absolute Gasteiger partial charge is 0.753 e. The van der Waals surface area contributed by atoms with Crippen LogP contribution in [0.15, 0.2) is 30.3 Å². The second kappa shape index (κ2) is 9.54. The van der Waals surface area contributed by atoms with Crippen LogP contribution in [0.1, 0.15) is 6.92 Å². The molecule has 0 bridgehead atoms. The van der Waals surface area contributed by atoms with E-state index in [2.05, 4.69) is 15.3 Å². The van der Waals surface area contributed by atoms with Crippen molar-refractivity contribution >= 4 is 23.2 Å². The number of ether oxygens (including phenoxy) is 3. The number of carbonyl (C=O) groups excluding carboxylic acids is 1. The van der Waals surface area contributed by atoms with Crippen LogP contribution in [-0.4, -0.2) is 50.1 Å². The Bertz CT molecular complexity index is 798. The van der Waals surface area contributed by atoms with Gasteiger partial charge < -0.3 is 23.6 Å². The third-order valence-electron chi connectivity index (χ3n) is 2.95. The van der Waals surface area contributed by atoms with Crippen molar-refractivity contribution in [2.45, 2.75) is 6.92 Å². The predicted molar refractivity (Wildman–Crippen MR) is 93.2 cm³/mol. The molecule has 146 valence electrons. The first-order valence-electron chi connectivity index (χ1n) is 7.55. The van der Waals surface area contributed by atoms with E-state index in [9.17, 15) is 13.6 Å². The van der Waals surface area contributed by atoms with Gasteiger partial charge in [-0.15, -0.1) is 0 Å². The molecule has 0 aliphatic heterocycles. The first-order valence-corrected chi connectivity index (χ1v) is 8.59. The van der Waals surface area contributed by atoms with Crippen LogP contribution in [0, 0.1) is 0 Å². The number of nitrogens with zero attached hydrogens (tertiary/aromatic N) is 3. The molecule has 1 atom stereocenters. The molecule has 0 aliphatic rings. The Labute approximate surface area is 157 Å². The molecule has 1 heterocycles. The van der Waals surface area contributed by atoms with Gasteiger partial charge in [0.1, 0.15) is 0 Å². The lowest BCUT2D eigenvalue weighted by Crippen LogP contribution is -2.39. The van der Waals surface area contributed by atoms with E-state index in [-0.39, 0.29) is 33.7 Å². The molecule has 27 heavy (non-hydrogen) atoms. The van der Waals surface area contributed by atoms with E-state index in [1.54, 1.807) is 25.1 Å². The SMILES string of the molecule is CCOc1ccccc1ON(C(=O)Nc1nc(OC)cc(OC)n1)S(=O)[O-]. The van der Waals surface area contributed by atoms with Crippen LogP contribution in [0.5, 0.6) is 23.3 Å². The lowest BCUT2D eigenvalue weighted by Gasteiger charge is -2.24. The second-order valence-electron chi connectivity index (χ2n) is 4.65. The van der Waals surface area contributed by atoms with Gasteiger partial charge in [-0.1, -0.05) is 16.6 Å². The molecule has 2 aromatic rings. The minimum atomic E-state index is -3.06. The molecule has 0 saturated carbocycles. The average molecular weight is 397 g/mol. The van der Waals surface area contributed by atoms with Crippen molar-refractivity contribution in [2.24, 2.45) is 0 Å². The summed E-state index contributed by atoms with van der Waals surface area (Å²) in [6.45, 7) is 2.07. The highest BCUT2D eigenvalue weighted by molar-refractivity contribution is 7.77. The molecule has 0 aliphatic carbocycles. The normalized spacial score (nSPS) is 11.3. The zero-order valence-corrected chi connectivity index (χ0v) is 15.5. The van der Waals surface area contributed by atoms with Crippen LogP contribution < -0.4 is 24.4 Å². The summed E-state index contributed by atoms with van der Waals surface area (Å²) in [5, 5.41) is 2.19. The number of methoxy groups -OCH3 is 2. The maximum Gasteiger partial charge on any atom is 0.369 e. The molecular weight excluding hydrogens is 380 g/mol. The molecular formula is C15H17N4O7S-. The highest BCUT2D eigenvalue weighted by Gasteiger charge is 2.21. The quantitative estimate of drug-likeness (QED) is 0.519. The van der Waals surface area contributed by atoms with E-state index >= 15 is 0 Å². The number of aromatic nitrogens is 2. The lowest BCUT2D eigenvalue weighted by molar-refractivity contribution is 0.0698. The van der Waals surface area contributed by atoms with E-state index in [1.165, 1.54) is 26.4 Å². The van der Waals surface area contributed by atoms with Gasteiger partial charge in [0.15, 0.2) is 11.5 Å². The van der Waals surface area contributed by atoms with Crippen molar-refractivity contribution in [1.82, 2.24) is 14.4 Å². The summed E-state index contributed by atoms with van der Waals surface area (Å²) in [5.74, 6) is 0.267. The van der Waals surface area contributed by atoms with Crippen molar-refractivity contribution in [1.29, 1.82) is 0 Å². The molecule has 0 spiro atoms. The van der Waals surface area contributed by atoms with Crippen LogP contribution in [0.2, 0.25) is 0 Å². The van der Waals surface area contributed by atoms with Gasteiger partial charge in [0.05, 0.1) is 38.2 Å². The number of hydrogen-bond donors (Lipinski definition) is 1. The van der Waals surface area contributed by atoms with Crippen LogP contribution in [0.4, 0.5) is 10.7 Å². The van der Waals surface area contributed by atoms with Crippen LogP contribution in [-0.2, 0) is 11.3 Å². The van der Waals surface area contributed by atoms with E-state index in [1.807, 2.05) is 0 Å². The minimum absolute atomic E-state index is 0.0304. The fraction of sp³-hybridized carbons (Fsp3) is 0.267. The van der Waals surface area contributed by atoms with Gasteiger partial charge in [-0.05, 0) is 19.1 Å². The standard InChI is InChI=1S/C15H18N4O7S/c1-4-25-10-7-5-6-8-11(10)26-19(27(21)22)15(20)18-14-16-12(23-2)9-13(17-14)24-3/h5-9H,4H2,1-3H3,(H,21,22)(H,16,17,18,20)/p-1. The highest BCUT2D eigenvalue weighted by atomic mass is 32.2. The predicted octanol–water partition coefficient (Wildman–Crippen LogP) is 1.51. The molecule has 1 aromatic heterocycles. The Morgan fingerprint density at radius 2 is 1.78 bits per heavy atom. The molecule has 2 amide bonds. The van der Waals surface area contributed by atoms with Gasteiger partial charge >= 0.3 is 6.03 Å². The van der Waals surface area contributed by atoms with Crippen LogP contribution >= 0.6 is 0 Å². The third-order valence-corrected chi connectivity index (χ3v) is 3.46. The van der Waals surface area contributed by atoms with Crippen molar-refractivity contribution < 1.29 is 32.6 Å². The average Bonchev–Trinajstić information content (AvgIpc) is 2.66. The van der Waals surface area contributed by atoms with E-state index in [0.29, 0.717) is 6.61 Å². The highest BCUT2D eigenvalue weighted by Crippen LogP contribution is 2.27. The molecule has 0 fully saturated rings. The molecule has 1 unspecified atom stereocenters. The van der Waals surface area contributed by atoms with Gasteiger partial charge in [0, 0.05) is 0 Å². The molecule has 11 nitrogen and oxygen atoms in total. The van der Waals surface area contributed by atoms with Crippen molar-refractivity contribution in [3.63, 3.8) is 0 Å². The van der Waals surface area contributed by atoms with Crippen LogP contribution in [0.3, 0.4) is 0 Å². The number of urea groups is 1. The molecule has 2 rings (SSSR count). The molecule has 1 aromatic carbocycles. The van der Waals surface area contributed by atoms with Gasteiger partial charge in [-0.25, -0.2) is 9.00 Å². The van der Waals surface area contributed by atoms with Crippen molar-refractivity contribution in [2.75, 3.05) is 26.1 Å². The van der Waals surface area contributed by atoms with Gasteiger partial charge in [-0.2, -0.15) is 9.97 Å². The zero-order valence-electron chi connectivity index (χ0n) is 14.7. The zero-order chi connectivity index (χ0) is 19.8. The lowest BCUT2D eigenvalue weighted by atomic mass is 10.3. The fourth-order valence-electron chi connectivity index (χ4n) is 1.84. The number of hydroxylamine groups is 1. The second-order valence-corrected chi connectivity index (χ2v) is 5.42. The smallest absolute Gasteiger partial charge is 0.369 e. The summed E-state index contributed by atoms with van der Waals surface area (Å²) in [5.41, 5.74) is 0. The summed E-state index contributed by atoms with van der Waals surface area (Å²) in [7, 11) is 2.72. The first-order chi connectivity index (χ1) is 13.0. The topological polar surface area (TPSA) is 135 Å². The number of hydrogen-bond acceptors (Lipinski definition) is 9. The van der Waals surface area contributed by atoms with Crippen molar-refractivity contribution in [3.05, 3.63) is 30.3 Å². The van der Waals surface area contributed by atoms with Crippen molar-refractivity contribution in [3.8, 4) is 23.3 Å². The van der Waals surface area contributed by atoms with Gasteiger partial charge in [-0.3, -0.25) is 5.32 Å². The Morgan fingerprint density at radius 3 is 2.30 bits per heavy atom. The number of nitrogens with one attached hydrogen (secondary N) is 1. The summed E-state index contributed by atoms with van der Waals surface area (Å²) >= 11 is -3.06. The van der Waals surface area contributed by atoms with E-state index in [4.69, 9.17) is 19.0 Å². The van der Waals surface area contributed by atoms with Gasteiger partial charge in [0.2, 0.25) is 17.7 Å². The van der Waals surface area contributed by atoms with Crippen LogP contribution in [0.25, 0.3) is 0 Å². The summed E-state index contributed by atoms with van der Waals surface area (Å²) < 4.78 is 38.3.